The Morgan fingerprint density at radius 3 is 2.48 bits per heavy atom. The van der Waals surface area contributed by atoms with Gasteiger partial charge in [0.15, 0.2) is 0 Å². The van der Waals surface area contributed by atoms with Crippen LogP contribution in [0.25, 0.3) is 0 Å². The third kappa shape index (κ3) is 5.14. The fraction of sp³-hybridized carbons (Fsp3) is 0.667. The zero-order valence-corrected chi connectivity index (χ0v) is 16.9. The van der Waals surface area contributed by atoms with Gasteiger partial charge in [0, 0.05) is 44.3 Å². The number of benzene rings is 1. The summed E-state index contributed by atoms with van der Waals surface area (Å²) in [6.45, 7) is 6.57. The van der Waals surface area contributed by atoms with Crippen molar-refractivity contribution in [1.82, 2.24) is 15.1 Å². The van der Waals surface area contributed by atoms with Crippen LogP contribution < -0.4 is 14.8 Å². The lowest BCUT2D eigenvalue weighted by Crippen LogP contribution is -2.54. The maximum atomic E-state index is 12.5. The highest BCUT2D eigenvalue weighted by Gasteiger charge is 2.28. The molecule has 1 aliphatic carbocycles. The number of amides is 1. The molecule has 27 heavy (non-hydrogen) atoms. The second kappa shape index (κ2) is 9.42. The normalized spacial score (nSPS) is 20.4. The van der Waals surface area contributed by atoms with Crippen LogP contribution in [0.3, 0.4) is 0 Å². The molecule has 0 unspecified atom stereocenters. The molecule has 1 saturated heterocycles. The first-order chi connectivity index (χ1) is 13.1. The number of nitrogens with zero attached hydrogens (tertiary/aromatic N) is 2. The monoisotopic (exact) mass is 375 g/mol. The second-order valence-electron chi connectivity index (χ2n) is 7.66. The molecule has 1 aromatic carbocycles. The first kappa shape index (κ1) is 20.0. The van der Waals surface area contributed by atoms with Crippen molar-refractivity contribution in [2.75, 3.05) is 40.4 Å². The van der Waals surface area contributed by atoms with Gasteiger partial charge in [0.1, 0.15) is 11.5 Å². The van der Waals surface area contributed by atoms with Crippen molar-refractivity contribution in [3.05, 3.63) is 23.8 Å². The Bertz CT molecular complexity index is 623. The van der Waals surface area contributed by atoms with Crippen molar-refractivity contribution < 1.29 is 14.3 Å². The number of rotatable bonds is 7. The number of hydrogen-bond acceptors (Lipinski definition) is 5. The summed E-state index contributed by atoms with van der Waals surface area (Å²) in [5.41, 5.74) is 1.14. The molecular weight excluding hydrogens is 342 g/mol. The number of carbonyl (C=O) groups excluding carboxylic acids is 1. The van der Waals surface area contributed by atoms with Crippen LogP contribution >= 0.6 is 0 Å². The smallest absolute Gasteiger partial charge is 0.237 e. The summed E-state index contributed by atoms with van der Waals surface area (Å²) in [6, 6.07) is 6.26. The van der Waals surface area contributed by atoms with E-state index in [-0.39, 0.29) is 11.9 Å². The van der Waals surface area contributed by atoms with Gasteiger partial charge in [0.2, 0.25) is 5.91 Å². The summed E-state index contributed by atoms with van der Waals surface area (Å²) < 4.78 is 10.8. The van der Waals surface area contributed by atoms with E-state index in [1.54, 1.807) is 14.2 Å². The van der Waals surface area contributed by atoms with Crippen LogP contribution in [-0.4, -0.2) is 68.2 Å². The molecule has 2 aliphatic rings. The number of ether oxygens (including phenoxy) is 2. The van der Waals surface area contributed by atoms with Crippen LogP contribution in [0, 0.1) is 0 Å². The predicted octanol–water partition coefficient (Wildman–Crippen LogP) is 2.27. The Labute approximate surface area is 162 Å². The highest BCUT2D eigenvalue weighted by atomic mass is 16.5. The summed E-state index contributed by atoms with van der Waals surface area (Å²) in [5, 5.41) is 3.23. The quantitative estimate of drug-likeness (QED) is 0.792. The molecule has 1 N–H and O–H groups in total. The summed E-state index contributed by atoms with van der Waals surface area (Å²) in [7, 11) is 3.39. The molecule has 6 heteroatoms. The molecule has 0 aromatic heterocycles. The first-order valence-corrected chi connectivity index (χ1v) is 10.1. The van der Waals surface area contributed by atoms with E-state index < -0.39 is 0 Å². The van der Waals surface area contributed by atoms with Crippen LogP contribution in [-0.2, 0) is 11.3 Å². The van der Waals surface area contributed by atoms with Crippen molar-refractivity contribution in [2.45, 2.75) is 51.2 Å². The number of carbonyl (C=O) groups is 1. The van der Waals surface area contributed by atoms with Gasteiger partial charge in [0.25, 0.3) is 0 Å². The SMILES string of the molecule is COc1ccc(OC)c(CN2CCN([C@H](C)C(=O)NC3CCCC3)CC2)c1. The van der Waals surface area contributed by atoms with Gasteiger partial charge in [-0.1, -0.05) is 12.8 Å². The van der Waals surface area contributed by atoms with Crippen molar-refractivity contribution in [1.29, 1.82) is 0 Å². The predicted molar refractivity (Wildman–Crippen MR) is 106 cm³/mol. The first-order valence-electron chi connectivity index (χ1n) is 10.1. The minimum atomic E-state index is -0.0564. The molecule has 3 rings (SSSR count). The molecule has 0 bridgehead atoms. The van der Waals surface area contributed by atoms with E-state index in [9.17, 15) is 4.79 Å². The minimum absolute atomic E-state index is 0.0564. The van der Waals surface area contributed by atoms with Gasteiger partial charge < -0.3 is 14.8 Å². The maximum absolute atomic E-state index is 12.5. The third-order valence-corrected chi connectivity index (χ3v) is 5.92. The van der Waals surface area contributed by atoms with Crippen molar-refractivity contribution >= 4 is 5.91 Å². The van der Waals surface area contributed by atoms with E-state index in [0.29, 0.717) is 6.04 Å². The highest BCUT2D eigenvalue weighted by Crippen LogP contribution is 2.26. The van der Waals surface area contributed by atoms with E-state index in [4.69, 9.17) is 9.47 Å². The van der Waals surface area contributed by atoms with E-state index >= 15 is 0 Å². The molecule has 2 fully saturated rings. The second-order valence-corrected chi connectivity index (χ2v) is 7.66. The average molecular weight is 376 g/mol. The Hall–Kier alpha value is -1.79. The molecule has 1 atom stereocenters. The highest BCUT2D eigenvalue weighted by molar-refractivity contribution is 5.81. The van der Waals surface area contributed by atoms with Crippen LogP contribution in [0.15, 0.2) is 18.2 Å². The zero-order chi connectivity index (χ0) is 19.2. The minimum Gasteiger partial charge on any atom is -0.497 e. The summed E-state index contributed by atoms with van der Waals surface area (Å²) >= 11 is 0. The molecule has 0 spiro atoms. The van der Waals surface area contributed by atoms with Gasteiger partial charge in [-0.25, -0.2) is 0 Å². The Morgan fingerprint density at radius 2 is 1.85 bits per heavy atom. The summed E-state index contributed by atoms with van der Waals surface area (Å²) in [5.74, 6) is 1.92. The lowest BCUT2D eigenvalue weighted by Gasteiger charge is -2.37. The van der Waals surface area contributed by atoms with Crippen molar-refractivity contribution in [3.8, 4) is 11.5 Å². The lowest BCUT2D eigenvalue weighted by molar-refractivity contribution is -0.127. The van der Waals surface area contributed by atoms with E-state index in [0.717, 1.165) is 62.6 Å². The largest absolute Gasteiger partial charge is 0.497 e. The standard InChI is InChI=1S/C21H33N3O3/c1-16(21(25)22-18-6-4-5-7-18)24-12-10-23(11-13-24)15-17-14-19(26-2)8-9-20(17)27-3/h8-9,14,16,18H,4-7,10-13,15H2,1-3H3,(H,22,25)/t16-/m1/s1. The van der Waals surface area contributed by atoms with Crippen LogP contribution in [0.1, 0.15) is 38.2 Å². The summed E-state index contributed by atoms with van der Waals surface area (Å²) in [4.78, 5) is 17.2. The van der Waals surface area contributed by atoms with Gasteiger partial charge in [0.05, 0.1) is 20.3 Å². The van der Waals surface area contributed by atoms with Crippen LogP contribution in [0.2, 0.25) is 0 Å². The van der Waals surface area contributed by atoms with E-state index in [2.05, 4.69) is 15.1 Å². The number of hydrogen-bond donors (Lipinski definition) is 1. The Morgan fingerprint density at radius 1 is 1.15 bits per heavy atom. The van der Waals surface area contributed by atoms with Crippen LogP contribution in [0.5, 0.6) is 11.5 Å². The molecule has 1 aliphatic heterocycles. The number of piperazine rings is 1. The third-order valence-electron chi connectivity index (χ3n) is 5.92. The molecule has 150 valence electrons. The molecule has 1 heterocycles. The fourth-order valence-corrected chi connectivity index (χ4v) is 4.11. The van der Waals surface area contributed by atoms with Crippen LogP contribution in [0.4, 0.5) is 0 Å². The molecule has 1 amide bonds. The Kier molecular flexibility index (Phi) is 6.96. The zero-order valence-electron chi connectivity index (χ0n) is 16.9. The van der Waals surface area contributed by atoms with Gasteiger partial charge >= 0.3 is 0 Å². The molecule has 0 radical (unpaired) electrons. The van der Waals surface area contributed by atoms with E-state index in [1.807, 2.05) is 25.1 Å². The Balaban J connectivity index is 1.50. The van der Waals surface area contributed by atoms with Gasteiger partial charge in [-0.3, -0.25) is 14.6 Å². The lowest BCUT2D eigenvalue weighted by atomic mass is 10.1. The molecule has 6 nitrogen and oxygen atoms in total. The number of nitrogens with one attached hydrogen (secondary N) is 1. The number of methoxy groups -OCH3 is 2. The van der Waals surface area contributed by atoms with Crippen molar-refractivity contribution in [3.63, 3.8) is 0 Å². The molecular formula is C21H33N3O3. The van der Waals surface area contributed by atoms with Gasteiger partial charge in [-0.15, -0.1) is 0 Å². The summed E-state index contributed by atoms with van der Waals surface area (Å²) in [6.07, 6.45) is 4.75. The average Bonchev–Trinajstić information content (AvgIpc) is 3.21. The van der Waals surface area contributed by atoms with Crippen molar-refractivity contribution in [2.24, 2.45) is 0 Å². The van der Waals surface area contributed by atoms with Gasteiger partial charge in [-0.05, 0) is 38.0 Å². The fourth-order valence-electron chi connectivity index (χ4n) is 4.11. The molecule has 1 aromatic rings. The maximum Gasteiger partial charge on any atom is 0.237 e. The topological polar surface area (TPSA) is 54.0 Å². The van der Waals surface area contributed by atoms with Gasteiger partial charge in [-0.2, -0.15) is 0 Å². The van der Waals surface area contributed by atoms with E-state index in [1.165, 1.54) is 12.8 Å². The molecule has 1 saturated carbocycles.